The number of nitro benzene ring substituents is 1. The zero-order chi connectivity index (χ0) is 18.9. The van der Waals surface area contributed by atoms with Crippen molar-refractivity contribution in [2.24, 2.45) is 0 Å². The molecule has 1 fully saturated rings. The van der Waals surface area contributed by atoms with Crippen molar-refractivity contribution in [2.45, 2.75) is 4.90 Å². The van der Waals surface area contributed by atoms with E-state index in [0.717, 1.165) is 18.0 Å². The van der Waals surface area contributed by atoms with E-state index in [1.54, 1.807) is 12.1 Å². The van der Waals surface area contributed by atoms with E-state index < -0.39 is 14.8 Å². The van der Waals surface area contributed by atoms with Crippen molar-refractivity contribution in [1.82, 2.24) is 0 Å². The highest BCUT2D eigenvalue weighted by Crippen LogP contribution is 2.32. The monoisotopic (exact) mass is 377 g/mol. The summed E-state index contributed by atoms with van der Waals surface area (Å²) < 4.78 is 23.3. The normalized spacial score (nSPS) is 15.1. The molecule has 1 N–H and O–H groups in total. The predicted octanol–water partition coefficient (Wildman–Crippen LogP) is 2.03. The van der Waals surface area contributed by atoms with Gasteiger partial charge < -0.3 is 14.9 Å². The second kappa shape index (κ2) is 6.83. The van der Waals surface area contributed by atoms with Gasteiger partial charge in [0.15, 0.2) is 9.84 Å². The van der Waals surface area contributed by atoms with Crippen LogP contribution in [0.3, 0.4) is 0 Å². The van der Waals surface area contributed by atoms with Gasteiger partial charge in [0.1, 0.15) is 11.4 Å². The molecule has 1 heterocycles. The maximum atomic E-state index is 11.7. The van der Waals surface area contributed by atoms with Crippen molar-refractivity contribution in [3.8, 4) is 5.75 Å². The minimum absolute atomic E-state index is 0.0596. The van der Waals surface area contributed by atoms with Crippen molar-refractivity contribution < 1.29 is 18.4 Å². The fourth-order valence-electron chi connectivity index (χ4n) is 3.02. The summed E-state index contributed by atoms with van der Waals surface area (Å²) in [5, 5.41) is 20.8. The Morgan fingerprint density at radius 2 is 1.58 bits per heavy atom. The van der Waals surface area contributed by atoms with Crippen LogP contribution < -0.4 is 9.80 Å². The highest BCUT2D eigenvalue weighted by atomic mass is 32.2. The second-order valence-electron chi connectivity index (χ2n) is 6.17. The number of phenolic OH excluding ortho intramolecular Hbond substituents is 1. The Balaban J connectivity index is 1.80. The number of phenols is 1. The highest BCUT2D eigenvalue weighted by Gasteiger charge is 2.25. The molecule has 2 aromatic rings. The molecular weight excluding hydrogens is 358 g/mol. The third-order valence-electron chi connectivity index (χ3n) is 4.41. The molecule has 138 valence electrons. The van der Waals surface area contributed by atoms with Crippen LogP contribution in [0.1, 0.15) is 0 Å². The first-order valence-corrected chi connectivity index (χ1v) is 9.92. The number of nitrogens with zero attached hydrogens (tertiary/aromatic N) is 3. The lowest BCUT2D eigenvalue weighted by atomic mass is 10.2. The van der Waals surface area contributed by atoms with E-state index in [2.05, 4.69) is 4.90 Å². The Morgan fingerprint density at radius 3 is 2.12 bits per heavy atom. The van der Waals surface area contributed by atoms with Crippen LogP contribution in [0.5, 0.6) is 5.75 Å². The van der Waals surface area contributed by atoms with E-state index >= 15 is 0 Å². The first-order chi connectivity index (χ1) is 12.3. The molecular formula is C17H19N3O5S. The summed E-state index contributed by atoms with van der Waals surface area (Å²) in [7, 11) is -3.51. The van der Waals surface area contributed by atoms with Crippen molar-refractivity contribution in [3.63, 3.8) is 0 Å². The smallest absolute Gasteiger partial charge is 0.293 e. The first-order valence-electron chi connectivity index (χ1n) is 8.03. The van der Waals surface area contributed by atoms with Gasteiger partial charge in [-0.2, -0.15) is 0 Å². The third kappa shape index (κ3) is 3.72. The van der Waals surface area contributed by atoms with Gasteiger partial charge in [-0.1, -0.05) is 0 Å². The Morgan fingerprint density at radius 1 is 1.00 bits per heavy atom. The highest BCUT2D eigenvalue weighted by molar-refractivity contribution is 7.90. The summed E-state index contributed by atoms with van der Waals surface area (Å²) in [5.74, 6) is 0.203. The van der Waals surface area contributed by atoms with Gasteiger partial charge in [-0.15, -0.1) is 0 Å². The third-order valence-corrected chi connectivity index (χ3v) is 5.52. The Labute approximate surface area is 151 Å². The van der Waals surface area contributed by atoms with Gasteiger partial charge in [0.2, 0.25) is 0 Å². The minimum Gasteiger partial charge on any atom is -0.508 e. The summed E-state index contributed by atoms with van der Waals surface area (Å²) in [4.78, 5) is 14.8. The number of piperazine rings is 1. The van der Waals surface area contributed by atoms with Crippen LogP contribution in [0.15, 0.2) is 47.4 Å². The van der Waals surface area contributed by atoms with E-state index in [-0.39, 0.29) is 16.3 Å². The van der Waals surface area contributed by atoms with Crippen molar-refractivity contribution in [3.05, 3.63) is 52.6 Å². The minimum atomic E-state index is -3.51. The van der Waals surface area contributed by atoms with Gasteiger partial charge in [-0.25, -0.2) is 8.42 Å². The molecule has 0 aliphatic carbocycles. The van der Waals surface area contributed by atoms with Crippen LogP contribution in [0.4, 0.5) is 17.1 Å². The molecule has 0 bridgehead atoms. The van der Waals surface area contributed by atoms with Gasteiger partial charge in [0, 0.05) is 44.2 Å². The molecule has 3 rings (SSSR count). The standard InChI is InChI=1S/C17H19N3O5S/c1-26(24,25)15-6-7-16(17(12-15)20(22)23)19-10-8-18(9-11-19)13-2-4-14(21)5-3-13/h2-7,12,21H,8-11H2,1H3. The Hall–Kier alpha value is -2.81. The number of aromatic hydroxyl groups is 1. The average Bonchev–Trinajstić information content (AvgIpc) is 2.61. The molecule has 2 aromatic carbocycles. The van der Waals surface area contributed by atoms with E-state index in [4.69, 9.17) is 0 Å². The Kier molecular flexibility index (Phi) is 4.73. The van der Waals surface area contributed by atoms with Gasteiger partial charge in [-0.05, 0) is 36.4 Å². The molecule has 0 unspecified atom stereocenters. The molecule has 0 spiro atoms. The summed E-state index contributed by atoms with van der Waals surface area (Å²) in [6.07, 6.45) is 1.03. The molecule has 0 atom stereocenters. The van der Waals surface area contributed by atoms with E-state index in [9.17, 15) is 23.6 Å². The lowest BCUT2D eigenvalue weighted by Crippen LogP contribution is -2.46. The van der Waals surface area contributed by atoms with Crippen LogP contribution in [0, 0.1) is 10.1 Å². The van der Waals surface area contributed by atoms with Gasteiger partial charge in [0.25, 0.3) is 5.69 Å². The van der Waals surface area contributed by atoms with Crippen LogP contribution in [-0.2, 0) is 9.84 Å². The van der Waals surface area contributed by atoms with E-state index in [1.807, 2.05) is 17.0 Å². The molecule has 9 heteroatoms. The number of anilines is 2. The molecule has 0 aromatic heterocycles. The average molecular weight is 377 g/mol. The number of sulfone groups is 1. The predicted molar refractivity (Wildman–Crippen MR) is 98.7 cm³/mol. The number of rotatable bonds is 4. The van der Waals surface area contributed by atoms with Crippen LogP contribution in [0.25, 0.3) is 0 Å². The number of nitro groups is 1. The molecule has 1 aliphatic rings. The van der Waals surface area contributed by atoms with Crippen molar-refractivity contribution in [1.29, 1.82) is 0 Å². The number of benzene rings is 2. The fourth-order valence-corrected chi connectivity index (χ4v) is 3.66. The zero-order valence-electron chi connectivity index (χ0n) is 14.2. The molecule has 0 radical (unpaired) electrons. The van der Waals surface area contributed by atoms with Gasteiger partial charge in [-0.3, -0.25) is 10.1 Å². The van der Waals surface area contributed by atoms with Crippen molar-refractivity contribution >= 4 is 26.9 Å². The lowest BCUT2D eigenvalue weighted by Gasteiger charge is -2.37. The zero-order valence-corrected chi connectivity index (χ0v) is 15.0. The van der Waals surface area contributed by atoms with Crippen molar-refractivity contribution in [2.75, 3.05) is 42.2 Å². The lowest BCUT2D eigenvalue weighted by molar-refractivity contribution is -0.384. The molecule has 1 saturated heterocycles. The molecule has 8 nitrogen and oxygen atoms in total. The quantitative estimate of drug-likeness (QED) is 0.642. The van der Waals surface area contributed by atoms with Gasteiger partial charge >= 0.3 is 0 Å². The molecule has 26 heavy (non-hydrogen) atoms. The summed E-state index contributed by atoms with van der Waals surface area (Å²) >= 11 is 0. The largest absolute Gasteiger partial charge is 0.508 e. The summed E-state index contributed by atoms with van der Waals surface area (Å²) in [5.41, 5.74) is 1.20. The van der Waals surface area contributed by atoms with Crippen LogP contribution in [0.2, 0.25) is 0 Å². The summed E-state index contributed by atoms with van der Waals surface area (Å²) in [6.45, 7) is 2.46. The molecule has 1 aliphatic heterocycles. The Bertz CT molecular complexity index is 920. The van der Waals surface area contributed by atoms with Gasteiger partial charge in [0.05, 0.1) is 9.82 Å². The van der Waals surface area contributed by atoms with E-state index in [1.165, 1.54) is 12.1 Å². The molecule has 0 amide bonds. The van der Waals surface area contributed by atoms with Crippen LogP contribution in [-0.4, -0.2) is 50.9 Å². The number of hydrogen-bond donors (Lipinski definition) is 1. The molecule has 0 saturated carbocycles. The maximum Gasteiger partial charge on any atom is 0.293 e. The second-order valence-corrected chi connectivity index (χ2v) is 8.19. The first kappa shape index (κ1) is 18.0. The van der Waals surface area contributed by atoms with Crippen LogP contribution >= 0.6 is 0 Å². The van der Waals surface area contributed by atoms with E-state index in [0.29, 0.717) is 31.9 Å². The summed E-state index contributed by atoms with van der Waals surface area (Å²) in [6, 6.07) is 10.9. The fraction of sp³-hybridized carbons (Fsp3) is 0.294. The maximum absolute atomic E-state index is 11.7. The number of hydrogen-bond acceptors (Lipinski definition) is 7. The topological polar surface area (TPSA) is 104 Å². The SMILES string of the molecule is CS(=O)(=O)c1ccc(N2CCN(c3ccc(O)cc3)CC2)c([N+](=O)[O-])c1.